The number of benzene rings is 2. The minimum Gasteiger partial charge on any atom is -0.495 e. The molecule has 0 saturated carbocycles. The Morgan fingerprint density at radius 3 is 2.56 bits per heavy atom. The summed E-state index contributed by atoms with van der Waals surface area (Å²) in [6, 6.07) is 14.0. The van der Waals surface area contributed by atoms with E-state index in [0.29, 0.717) is 11.5 Å². The number of carbonyl (C=O) groups is 1. The number of hydrogen-bond donors (Lipinski definition) is 1. The standard InChI is InChI=1S/C18H20BrN3O4S/c1-13(14-7-6-8-15(19)11-14)20-21-18(23)12-22(27(3,24)25)16-9-4-5-10-17(16)26-2/h4-11H,12H2,1-3H3,(H,21,23)/b20-13+. The third-order valence-electron chi connectivity index (χ3n) is 3.63. The lowest BCUT2D eigenvalue weighted by atomic mass is 10.1. The fourth-order valence-electron chi connectivity index (χ4n) is 2.31. The van der Waals surface area contributed by atoms with Crippen LogP contribution >= 0.6 is 15.9 Å². The van der Waals surface area contributed by atoms with Gasteiger partial charge in [-0.2, -0.15) is 5.10 Å². The van der Waals surface area contributed by atoms with Crippen LogP contribution in [-0.2, 0) is 14.8 Å². The summed E-state index contributed by atoms with van der Waals surface area (Å²) in [6.07, 6.45) is 1.03. The van der Waals surface area contributed by atoms with Crippen molar-refractivity contribution in [3.05, 3.63) is 58.6 Å². The number of carbonyl (C=O) groups excluding carboxylic acids is 1. The highest BCUT2D eigenvalue weighted by Crippen LogP contribution is 2.29. The van der Waals surface area contributed by atoms with Crippen molar-refractivity contribution < 1.29 is 17.9 Å². The van der Waals surface area contributed by atoms with Crippen molar-refractivity contribution in [2.75, 3.05) is 24.2 Å². The van der Waals surface area contributed by atoms with Gasteiger partial charge in [0.25, 0.3) is 5.91 Å². The van der Waals surface area contributed by atoms with Crippen molar-refractivity contribution in [1.82, 2.24) is 5.43 Å². The normalized spacial score (nSPS) is 11.8. The highest BCUT2D eigenvalue weighted by atomic mass is 79.9. The van der Waals surface area contributed by atoms with Gasteiger partial charge in [-0.05, 0) is 36.8 Å². The van der Waals surface area contributed by atoms with Crippen LogP contribution in [0.25, 0.3) is 0 Å². The van der Waals surface area contributed by atoms with E-state index >= 15 is 0 Å². The first-order valence-electron chi connectivity index (χ1n) is 7.92. The number of hydrogen-bond acceptors (Lipinski definition) is 5. The molecule has 1 amide bonds. The van der Waals surface area contributed by atoms with Crippen LogP contribution in [-0.4, -0.2) is 39.9 Å². The summed E-state index contributed by atoms with van der Waals surface area (Å²) in [5, 5.41) is 4.05. The zero-order valence-corrected chi connectivity index (χ0v) is 17.5. The number of ether oxygens (including phenoxy) is 1. The Bertz CT molecular complexity index is 961. The van der Waals surface area contributed by atoms with Gasteiger partial charge in [-0.3, -0.25) is 9.10 Å². The van der Waals surface area contributed by atoms with E-state index < -0.39 is 22.5 Å². The summed E-state index contributed by atoms with van der Waals surface area (Å²) in [5.74, 6) is -0.217. The average Bonchev–Trinajstić information content (AvgIpc) is 2.63. The molecule has 2 rings (SSSR count). The number of nitrogens with zero attached hydrogens (tertiary/aromatic N) is 2. The Morgan fingerprint density at radius 1 is 1.22 bits per heavy atom. The molecule has 0 aromatic heterocycles. The molecule has 0 saturated heterocycles. The Balaban J connectivity index is 2.19. The minimum absolute atomic E-state index is 0.283. The maximum atomic E-state index is 12.3. The van der Waals surface area contributed by atoms with Crippen LogP contribution in [0.5, 0.6) is 5.75 Å². The Kier molecular flexibility index (Phi) is 6.98. The van der Waals surface area contributed by atoms with Gasteiger partial charge in [0.2, 0.25) is 10.0 Å². The lowest BCUT2D eigenvalue weighted by Crippen LogP contribution is -2.39. The topological polar surface area (TPSA) is 88.1 Å². The molecule has 0 atom stereocenters. The van der Waals surface area contributed by atoms with Crippen molar-refractivity contribution in [2.45, 2.75) is 6.92 Å². The van der Waals surface area contributed by atoms with Crippen LogP contribution in [0.4, 0.5) is 5.69 Å². The Labute approximate surface area is 167 Å². The number of amides is 1. The van der Waals surface area contributed by atoms with Crippen LogP contribution in [0.2, 0.25) is 0 Å². The number of nitrogens with one attached hydrogen (secondary N) is 1. The monoisotopic (exact) mass is 453 g/mol. The zero-order chi connectivity index (χ0) is 20.0. The van der Waals surface area contributed by atoms with Gasteiger partial charge in [0, 0.05) is 4.47 Å². The molecule has 7 nitrogen and oxygen atoms in total. The smallest absolute Gasteiger partial charge is 0.260 e. The molecule has 0 radical (unpaired) electrons. The largest absolute Gasteiger partial charge is 0.495 e. The molecule has 0 aliphatic rings. The summed E-state index contributed by atoms with van der Waals surface area (Å²) in [4.78, 5) is 12.3. The molecule has 27 heavy (non-hydrogen) atoms. The number of hydrazone groups is 1. The van der Waals surface area contributed by atoms with E-state index in [1.807, 2.05) is 24.3 Å². The van der Waals surface area contributed by atoms with E-state index in [-0.39, 0.29) is 5.69 Å². The maximum absolute atomic E-state index is 12.3. The van der Waals surface area contributed by atoms with E-state index in [0.717, 1.165) is 20.6 Å². The average molecular weight is 454 g/mol. The van der Waals surface area contributed by atoms with E-state index in [9.17, 15) is 13.2 Å². The number of anilines is 1. The first kappa shape index (κ1) is 20.9. The number of halogens is 1. The molecule has 9 heteroatoms. The van der Waals surface area contributed by atoms with Gasteiger partial charge in [0.05, 0.1) is 24.8 Å². The molecule has 0 spiro atoms. The van der Waals surface area contributed by atoms with Gasteiger partial charge in [-0.25, -0.2) is 13.8 Å². The highest BCUT2D eigenvalue weighted by Gasteiger charge is 2.23. The van der Waals surface area contributed by atoms with Gasteiger partial charge in [0.1, 0.15) is 12.3 Å². The van der Waals surface area contributed by atoms with Crippen LogP contribution < -0.4 is 14.5 Å². The second-order valence-electron chi connectivity index (χ2n) is 5.68. The van der Waals surface area contributed by atoms with Crippen molar-refractivity contribution in [3.63, 3.8) is 0 Å². The molecular weight excluding hydrogens is 434 g/mol. The molecular formula is C18H20BrN3O4S. The van der Waals surface area contributed by atoms with Gasteiger partial charge in [-0.15, -0.1) is 0 Å². The molecule has 0 aliphatic carbocycles. The molecule has 2 aromatic rings. The van der Waals surface area contributed by atoms with Gasteiger partial charge in [0.15, 0.2) is 0 Å². The Morgan fingerprint density at radius 2 is 1.93 bits per heavy atom. The SMILES string of the molecule is COc1ccccc1N(CC(=O)N/N=C(\C)c1cccc(Br)c1)S(C)(=O)=O. The van der Waals surface area contributed by atoms with Crippen LogP contribution in [0.1, 0.15) is 12.5 Å². The van der Waals surface area contributed by atoms with E-state index in [1.165, 1.54) is 7.11 Å². The second-order valence-corrected chi connectivity index (χ2v) is 8.51. The molecule has 0 aliphatic heterocycles. The number of sulfonamides is 1. The molecule has 144 valence electrons. The fraction of sp³-hybridized carbons (Fsp3) is 0.222. The quantitative estimate of drug-likeness (QED) is 0.515. The predicted molar refractivity (Wildman–Crippen MR) is 110 cm³/mol. The van der Waals surface area contributed by atoms with Crippen molar-refractivity contribution in [3.8, 4) is 5.75 Å². The lowest BCUT2D eigenvalue weighted by molar-refractivity contribution is -0.119. The highest BCUT2D eigenvalue weighted by molar-refractivity contribution is 9.10. The maximum Gasteiger partial charge on any atom is 0.260 e. The fourth-order valence-corrected chi connectivity index (χ4v) is 3.57. The van der Waals surface area contributed by atoms with Gasteiger partial charge in [-0.1, -0.05) is 40.2 Å². The van der Waals surface area contributed by atoms with Gasteiger partial charge >= 0.3 is 0 Å². The van der Waals surface area contributed by atoms with Crippen LogP contribution in [0.3, 0.4) is 0 Å². The van der Waals surface area contributed by atoms with Gasteiger partial charge < -0.3 is 4.74 Å². The van der Waals surface area contributed by atoms with Crippen molar-refractivity contribution >= 4 is 43.3 Å². The summed E-state index contributed by atoms with van der Waals surface area (Å²) < 4.78 is 31.4. The lowest BCUT2D eigenvalue weighted by Gasteiger charge is -2.23. The summed E-state index contributed by atoms with van der Waals surface area (Å²) >= 11 is 3.38. The van der Waals surface area contributed by atoms with Crippen molar-refractivity contribution in [1.29, 1.82) is 0 Å². The number of methoxy groups -OCH3 is 1. The third kappa shape index (κ3) is 5.80. The number of para-hydroxylation sites is 2. The second kappa shape index (κ2) is 9.01. The molecule has 2 aromatic carbocycles. The van der Waals surface area contributed by atoms with E-state index in [2.05, 4.69) is 26.5 Å². The molecule has 1 N–H and O–H groups in total. The van der Waals surface area contributed by atoms with E-state index in [4.69, 9.17) is 4.74 Å². The van der Waals surface area contributed by atoms with Crippen LogP contribution in [0.15, 0.2) is 58.1 Å². The molecule has 0 heterocycles. The predicted octanol–water partition coefficient (Wildman–Crippen LogP) is 2.76. The summed E-state index contributed by atoms with van der Waals surface area (Å²) in [6.45, 7) is 1.32. The summed E-state index contributed by atoms with van der Waals surface area (Å²) in [7, 11) is -2.27. The zero-order valence-electron chi connectivity index (χ0n) is 15.1. The van der Waals surface area contributed by atoms with E-state index in [1.54, 1.807) is 31.2 Å². The van der Waals surface area contributed by atoms with Crippen LogP contribution in [0, 0.1) is 0 Å². The molecule has 0 fully saturated rings. The first-order chi connectivity index (χ1) is 12.7. The first-order valence-corrected chi connectivity index (χ1v) is 10.6. The Hall–Kier alpha value is -2.39. The molecule has 0 bridgehead atoms. The van der Waals surface area contributed by atoms with Crippen molar-refractivity contribution in [2.24, 2.45) is 5.10 Å². The molecule has 0 unspecified atom stereocenters. The minimum atomic E-state index is -3.70. The summed E-state index contributed by atoms with van der Waals surface area (Å²) in [5.41, 5.74) is 4.10. The number of rotatable bonds is 7. The third-order valence-corrected chi connectivity index (χ3v) is 5.25.